The molecule has 2 aromatic rings. The largest absolute Gasteiger partial charge is 0.345 e. The van der Waals surface area contributed by atoms with Gasteiger partial charge in [-0.25, -0.2) is 4.98 Å². The molecule has 0 aliphatic carbocycles. The van der Waals surface area contributed by atoms with Gasteiger partial charge in [0.25, 0.3) is 0 Å². The Kier molecular flexibility index (Phi) is 2.07. The summed E-state index contributed by atoms with van der Waals surface area (Å²) in [7, 11) is 0. The molecule has 13 heavy (non-hydrogen) atoms. The molecule has 0 aliphatic rings. The molecule has 0 aromatic carbocycles. The number of aromatic nitrogens is 2. The summed E-state index contributed by atoms with van der Waals surface area (Å²) in [4.78, 5) is 18.8. The number of aryl methyl sites for hydroxylation is 1. The third-order valence-electron chi connectivity index (χ3n) is 1.83. The number of aromatic amines is 1. The maximum absolute atomic E-state index is 11.6. The lowest BCUT2D eigenvalue weighted by Crippen LogP contribution is -2.07. The number of nitrogens with one attached hydrogen (secondary N) is 1. The minimum atomic E-state index is 0.0434. The Hall–Kier alpha value is -0.910. The van der Waals surface area contributed by atoms with Gasteiger partial charge in [0, 0.05) is 11.9 Å². The smallest absolute Gasteiger partial charge is 0.204 e. The van der Waals surface area contributed by atoms with E-state index in [0.29, 0.717) is 14.6 Å². The summed E-state index contributed by atoms with van der Waals surface area (Å²) in [5, 5.41) is 0.650. The molecule has 0 saturated heterocycles. The van der Waals surface area contributed by atoms with Crippen LogP contribution in [0.1, 0.15) is 5.69 Å². The van der Waals surface area contributed by atoms with Crippen LogP contribution in [0.5, 0.6) is 0 Å². The first-order valence-corrected chi connectivity index (χ1v) is 4.91. The number of rotatable bonds is 0. The van der Waals surface area contributed by atoms with Crippen molar-refractivity contribution in [3.63, 3.8) is 0 Å². The fourth-order valence-corrected chi connectivity index (χ4v) is 1.62. The summed E-state index contributed by atoms with van der Waals surface area (Å²) in [5.74, 6) is 0. The Balaban J connectivity index is 2.95. The Morgan fingerprint density at radius 2 is 2.23 bits per heavy atom. The average Bonchev–Trinajstić information content (AvgIpc) is 2.12. The van der Waals surface area contributed by atoms with E-state index >= 15 is 0 Å². The van der Waals surface area contributed by atoms with E-state index in [4.69, 9.17) is 0 Å². The standard InChI is InChI=1S/C9H7IN2O/c1-5-2-3-6-8(13)7(10)4-11-9(6)12-5/h2-4H,1H3,(H,11,12,13). The Morgan fingerprint density at radius 3 is 3.00 bits per heavy atom. The molecule has 1 N–H and O–H groups in total. The van der Waals surface area contributed by atoms with Crippen LogP contribution in [0.25, 0.3) is 11.0 Å². The number of hydrogen-bond acceptors (Lipinski definition) is 2. The molecule has 0 radical (unpaired) electrons. The van der Waals surface area contributed by atoms with Crippen molar-refractivity contribution in [2.24, 2.45) is 0 Å². The molecule has 0 unspecified atom stereocenters. The van der Waals surface area contributed by atoms with Crippen molar-refractivity contribution in [2.75, 3.05) is 0 Å². The van der Waals surface area contributed by atoms with Crippen molar-refractivity contribution >= 4 is 33.6 Å². The molecule has 0 amide bonds. The Morgan fingerprint density at radius 1 is 1.46 bits per heavy atom. The zero-order valence-corrected chi connectivity index (χ0v) is 9.12. The monoisotopic (exact) mass is 286 g/mol. The second kappa shape index (κ2) is 3.10. The number of H-pyrrole nitrogens is 1. The molecule has 0 aliphatic heterocycles. The van der Waals surface area contributed by atoms with Crippen molar-refractivity contribution in [3.8, 4) is 0 Å². The molecular formula is C9H7IN2O. The predicted molar refractivity (Wildman–Crippen MR) is 59.8 cm³/mol. The van der Waals surface area contributed by atoms with E-state index in [1.165, 1.54) is 0 Å². The second-order valence-corrected chi connectivity index (χ2v) is 3.98. The topological polar surface area (TPSA) is 45.8 Å². The first kappa shape index (κ1) is 8.68. The van der Waals surface area contributed by atoms with E-state index in [1.54, 1.807) is 12.3 Å². The van der Waals surface area contributed by atoms with Gasteiger partial charge in [-0.05, 0) is 41.6 Å². The number of pyridine rings is 2. The van der Waals surface area contributed by atoms with Gasteiger partial charge in [-0.3, -0.25) is 4.79 Å². The number of fused-ring (bicyclic) bond motifs is 1. The minimum absolute atomic E-state index is 0.0434. The predicted octanol–water partition coefficient (Wildman–Crippen LogP) is 1.84. The van der Waals surface area contributed by atoms with Gasteiger partial charge in [0.2, 0.25) is 5.43 Å². The summed E-state index contributed by atoms with van der Waals surface area (Å²) >= 11 is 2.01. The number of nitrogens with zero attached hydrogens (tertiary/aromatic N) is 1. The third-order valence-corrected chi connectivity index (χ3v) is 2.63. The zero-order valence-electron chi connectivity index (χ0n) is 6.97. The molecule has 0 fully saturated rings. The molecule has 0 spiro atoms. The maximum Gasteiger partial charge on any atom is 0.204 e. The highest BCUT2D eigenvalue weighted by Crippen LogP contribution is 2.07. The van der Waals surface area contributed by atoms with E-state index < -0.39 is 0 Å². The maximum atomic E-state index is 11.6. The molecule has 2 aromatic heterocycles. The lowest BCUT2D eigenvalue weighted by atomic mass is 10.2. The highest BCUT2D eigenvalue weighted by Gasteiger charge is 2.02. The van der Waals surface area contributed by atoms with Gasteiger partial charge in [0.1, 0.15) is 5.65 Å². The molecule has 4 heteroatoms. The van der Waals surface area contributed by atoms with Crippen LogP contribution in [0.2, 0.25) is 0 Å². The van der Waals surface area contributed by atoms with Gasteiger partial charge in [-0.1, -0.05) is 0 Å². The van der Waals surface area contributed by atoms with Crippen LogP contribution >= 0.6 is 22.6 Å². The van der Waals surface area contributed by atoms with Crippen molar-refractivity contribution < 1.29 is 0 Å². The third kappa shape index (κ3) is 1.46. The molecule has 0 saturated carbocycles. The van der Waals surface area contributed by atoms with Crippen LogP contribution in [0.3, 0.4) is 0 Å². The van der Waals surface area contributed by atoms with E-state index in [0.717, 1.165) is 5.69 Å². The van der Waals surface area contributed by atoms with Crippen molar-refractivity contribution in [2.45, 2.75) is 6.92 Å². The van der Waals surface area contributed by atoms with Gasteiger partial charge in [-0.2, -0.15) is 0 Å². The molecular weight excluding hydrogens is 279 g/mol. The molecule has 2 rings (SSSR count). The van der Waals surface area contributed by atoms with Crippen LogP contribution in [-0.4, -0.2) is 9.97 Å². The normalized spacial score (nSPS) is 10.6. The molecule has 0 bridgehead atoms. The molecule has 66 valence electrons. The van der Waals surface area contributed by atoms with Gasteiger partial charge < -0.3 is 4.98 Å². The van der Waals surface area contributed by atoms with Crippen LogP contribution in [0.15, 0.2) is 23.1 Å². The first-order chi connectivity index (χ1) is 6.18. The zero-order chi connectivity index (χ0) is 9.42. The van der Waals surface area contributed by atoms with Crippen molar-refractivity contribution in [1.29, 1.82) is 0 Å². The molecule has 0 atom stereocenters. The van der Waals surface area contributed by atoms with Gasteiger partial charge in [0.15, 0.2) is 0 Å². The summed E-state index contributed by atoms with van der Waals surface area (Å²) < 4.78 is 0.691. The SMILES string of the molecule is Cc1ccc2c(=O)c(I)c[nH]c2n1. The highest BCUT2D eigenvalue weighted by molar-refractivity contribution is 14.1. The quantitative estimate of drug-likeness (QED) is 0.751. The first-order valence-electron chi connectivity index (χ1n) is 3.83. The van der Waals surface area contributed by atoms with Gasteiger partial charge in [0.05, 0.1) is 8.96 Å². The van der Waals surface area contributed by atoms with Gasteiger partial charge in [-0.15, -0.1) is 0 Å². The average molecular weight is 286 g/mol. The van der Waals surface area contributed by atoms with Crippen LogP contribution < -0.4 is 5.43 Å². The number of halogens is 1. The van der Waals surface area contributed by atoms with Crippen LogP contribution in [0.4, 0.5) is 0 Å². The fourth-order valence-electron chi connectivity index (χ4n) is 1.18. The van der Waals surface area contributed by atoms with Crippen LogP contribution in [0, 0.1) is 10.5 Å². The summed E-state index contributed by atoms with van der Waals surface area (Å²) in [6.07, 6.45) is 1.68. The minimum Gasteiger partial charge on any atom is -0.345 e. The summed E-state index contributed by atoms with van der Waals surface area (Å²) in [6, 6.07) is 3.65. The molecule has 3 nitrogen and oxygen atoms in total. The van der Waals surface area contributed by atoms with E-state index in [9.17, 15) is 4.79 Å². The molecule has 2 heterocycles. The van der Waals surface area contributed by atoms with Gasteiger partial charge >= 0.3 is 0 Å². The lowest BCUT2D eigenvalue weighted by Gasteiger charge is -1.98. The summed E-state index contributed by atoms with van der Waals surface area (Å²) in [6.45, 7) is 1.90. The Bertz CT molecular complexity index is 518. The summed E-state index contributed by atoms with van der Waals surface area (Å²) in [5.41, 5.74) is 1.61. The van der Waals surface area contributed by atoms with E-state index in [1.807, 2.05) is 35.6 Å². The van der Waals surface area contributed by atoms with Crippen molar-refractivity contribution in [3.05, 3.63) is 37.8 Å². The highest BCUT2D eigenvalue weighted by atomic mass is 127. The van der Waals surface area contributed by atoms with Crippen molar-refractivity contribution in [1.82, 2.24) is 9.97 Å². The second-order valence-electron chi connectivity index (χ2n) is 2.81. The van der Waals surface area contributed by atoms with E-state index in [2.05, 4.69) is 9.97 Å². The van der Waals surface area contributed by atoms with Crippen LogP contribution in [-0.2, 0) is 0 Å². The fraction of sp³-hybridized carbons (Fsp3) is 0.111. The lowest BCUT2D eigenvalue weighted by molar-refractivity contribution is 1.19. The Labute approximate surface area is 88.3 Å². The van der Waals surface area contributed by atoms with E-state index in [-0.39, 0.29) is 5.43 Å². The number of hydrogen-bond donors (Lipinski definition) is 1.